The minimum Gasteiger partial charge on any atom is -0.457 e. The summed E-state index contributed by atoms with van der Waals surface area (Å²) in [7, 11) is 1.68. The number of aliphatic hydroxyl groups is 1. The Bertz CT molecular complexity index is 1400. The number of rotatable bonds is 4. The van der Waals surface area contributed by atoms with Gasteiger partial charge >= 0.3 is 0 Å². The van der Waals surface area contributed by atoms with E-state index in [9.17, 15) is 14.7 Å². The largest absolute Gasteiger partial charge is 0.457 e. The van der Waals surface area contributed by atoms with Crippen LogP contribution in [-0.2, 0) is 16.0 Å². The van der Waals surface area contributed by atoms with Crippen molar-refractivity contribution >= 4 is 17.5 Å². The van der Waals surface area contributed by atoms with E-state index in [1.807, 2.05) is 49.4 Å². The fourth-order valence-electron chi connectivity index (χ4n) is 4.20. The average molecular weight is 498 g/mol. The Labute approximate surface area is 215 Å². The van der Waals surface area contributed by atoms with Gasteiger partial charge in [0.15, 0.2) is 5.60 Å². The van der Waals surface area contributed by atoms with E-state index >= 15 is 0 Å². The number of carbonyl (C=O) groups is 2. The molecule has 3 aromatic rings. The Morgan fingerprint density at radius 1 is 1.16 bits per heavy atom. The molecule has 1 saturated heterocycles. The summed E-state index contributed by atoms with van der Waals surface area (Å²) in [6.07, 6.45) is 2.56. The molecule has 1 aromatic heterocycles. The van der Waals surface area contributed by atoms with E-state index in [1.165, 1.54) is 6.20 Å². The van der Waals surface area contributed by atoms with E-state index in [1.54, 1.807) is 24.1 Å². The first-order valence-corrected chi connectivity index (χ1v) is 12.0. The summed E-state index contributed by atoms with van der Waals surface area (Å²) in [4.78, 5) is 32.0. The zero-order valence-electron chi connectivity index (χ0n) is 20.7. The molecule has 0 spiro atoms. The van der Waals surface area contributed by atoms with Crippen LogP contribution in [0.15, 0.2) is 60.8 Å². The van der Waals surface area contributed by atoms with Gasteiger partial charge in [-0.15, -0.1) is 0 Å². The van der Waals surface area contributed by atoms with Crippen molar-refractivity contribution in [2.75, 3.05) is 25.2 Å². The molecule has 8 nitrogen and oxygen atoms in total. The molecular weight excluding hydrogens is 470 g/mol. The number of fused-ring (bicyclic) bond motifs is 1. The van der Waals surface area contributed by atoms with Crippen molar-refractivity contribution in [1.82, 2.24) is 10.3 Å². The van der Waals surface area contributed by atoms with Gasteiger partial charge in [0.05, 0.1) is 13.2 Å². The van der Waals surface area contributed by atoms with Crippen molar-refractivity contribution < 1.29 is 24.2 Å². The predicted octanol–water partition coefficient (Wildman–Crippen LogP) is 3.00. The number of amides is 2. The number of hydrogen-bond donors (Lipinski definition) is 2. The zero-order chi connectivity index (χ0) is 26.0. The predicted molar refractivity (Wildman–Crippen MR) is 138 cm³/mol. The Hall–Kier alpha value is -4.19. The van der Waals surface area contributed by atoms with Gasteiger partial charge in [-0.1, -0.05) is 35.6 Å². The van der Waals surface area contributed by atoms with Crippen LogP contribution in [0.5, 0.6) is 11.5 Å². The van der Waals surface area contributed by atoms with Crippen LogP contribution in [-0.4, -0.2) is 53.8 Å². The minimum atomic E-state index is -1.11. The SMILES string of the molecule is Cc1ccc(Oc2ccnc(C(=O)N[C@@H]3CCc4ccc(C#CC5(O)COC5)cc4N(C)C3=O)c2)cc1. The molecule has 2 aliphatic heterocycles. The van der Waals surface area contributed by atoms with Gasteiger partial charge in [-0.3, -0.25) is 14.6 Å². The normalized spacial score (nSPS) is 18.0. The molecule has 0 radical (unpaired) electrons. The van der Waals surface area contributed by atoms with Gasteiger partial charge in [-0.05, 0) is 55.7 Å². The lowest BCUT2D eigenvalue weighted by Gasteiger charge is -2.30. The standard InChI is InChI=1S/C29H27N3O5/c1-19-3-8-22(9-4-19)37-23-12-14-30-25(16-23)27(33)31-24-10-7-21-6-5-20(11-13-29(35)17-36-18-29)15-26(21)32(2)28(24)34/h3-6,8-9,12,14-16,24,35H,7,10,17-18H2,1-2H3,(H,31,33)/t24-/m1/s1. The van der Waals surface area contributed by atoms with E-state index in [-0.39, 0.29) is 24.8 Å². The molecule has 188 valence electrons. The van der Waals surface area contributed by atoms with Crippen molar-refractivity contribution in [3.8, 4) is 23.3 Å². The lowest BCUT2D eigenvalue weighted by atomic mass is 10.0. The highest BCUT2D eigenvalue weighted by atomic mass is 16.5. The summed E-state index contributed by atoms with van der Waals surface area (Å²) < 4.78 is 10.9. The number of aryl methyl sites for hydroxylation is 2. The first-order chi connectivity index (χ1) is 17.8. The average Bonchev–Trinajstić information content (AvgIpc) is 3.00. The Morgan fingerprint density at radius 3 is 2.68 bits per heavy atom. The number of likely N-dealkylation sites (N-methyl/N-ethyl adjacent to an activating group) is 1. The van der Waals surface area contributed by atoms with Crippen molar-refractivity contribution in [3.63, 3.8) is 0 Å². The molecule has 0 saturated carbocycles. The number of carbonyl (C=O) groups excluding carboxylic acids is 2. The molecule has 1 fully saturated rings. The lowest BCUT2D eigenvalue weighted by molar-refractivity contribution is -0.140. The monoisotopic (exact) mass is 497 g/mol. The molecule has 0 bridgehead atoms. The number of hydrogen-bond acceptors (Lipinski definition) is 6. The molecule has 1 atom stereocenters. The summed E-state index contributed by atoms with van der Waals surface area (Å²) in [5, 5.41) is 13.0. The topological polar surface area (TPSA) is 101 Å². The van der Waals surface area contributed by atoms with E-state index < -0.39 is 17.6 Å². The van der Waals surface area contributed by atoms with E-state index in [2.05, 4.69) is 22.1 Å². The summed E-state index contributed by atoms with van der Waals surface area (Å²) in [6, 6.07) is 15.8. The lowest BCUT2D eigenvalue weighted by Crippen LogP contribution is -2.48. The van der Waals surface area contributed by atoms with Gasteiger partial charge in [0.2, 0.25) is 5.91 Å². The number of benzene rings is 2. The van der Waals surface area contributed by atoms with Crippen LogP contribution in [0, 0.1) is 18.8 Å². The third kappa shape index (κ3) is 5.48. The van der Waals surface area contributed by atoms with Crippen LogP contribution in [0.3, 0.4) is 0 Å². The van der Waals surface area contributed by atoms with Crippen molar-refractivity contribution in [2.45, 2.75) is 31.4 Å². The quantitative estimate of drug-likeness (QED) is 0.538. The molecular formula is C29H27N3O5. The fraction of sp³-hybridized carbons (Fsp3) is 0.276. The van der Waals surface area contributed by atoms with Crippen molar-refractivity contribution in [1.29, 1.82) is 0 Å². The molecule has 5 rings (SSSR count). The Balaban J connectivity index is 1.28. The number of aromatic nitrogens is 1. The summed E-state index contributed by atoms with van der Waals surface area (Å²) in [5.41, 5.74) is 2.58. The summed E-state index contributed by atoms with van der Waals surface area (Å²) in [6.45, 7) is 2.38. The van der Waals surface area contributed by atoms with Crippen LogP contribution in [0.25, 0.3) is 0 Å². The van der Waals surface area contributed by atoms with Crippen molar-refractivity contribution in [3.05, 3.63) is 83.2 Å². The third-order valence-electron chi connectivity index (χ3n) is 6.42. The highest BCUT2D eigenvalue weighted by molar-refractivity contribution is 6.02. The Kier molecular flexibility index (Phi) is 6.66. The minimum absolute atomic E-state index is 0.164. The van der Waals surface area contributed by atoms with E-state index in [4.69, 9.17) is 9.47 Å². The molecule has 8 heteroatoms. The van der Waals surface area contributed by atoms with Crippen LogP contribution in [0.4, 0.5) is 5.69 Å². The van der Waals surface area contributed by atoms with Gasteiger partial charge in [0.1, 0.15) is 23.2 Å². The maximum absolute atomic E-state index is 13.3. The molecule has 3 heterocycles. The molecule has 0 aliphatic carbocycles. The maximum atomic E-state index is 13.3. The summed E-state index contributed by atoms with van der Waals surface area (Å²) >= 11 is 0. The van der Waals surface area contributed by atoms with Crippen LogP contribution >= 0.6 is 0 Å². The highest BCUT2D eigenvalue weighted by Gasteiger charge is 2.34. The second-order valence-corrected chi connectivity index (χ2v) is 9.37. The molecule has 2 aromatic carbocycles. The van der Waals surface area contributed by atoms with Gasteiger partial charge in [0, 0.05) is 30.6 Å². The smallest absolute Gasteiger partial charge is 0.270 e. The molecule has 2 aliphatic rings. The highest BCUT2D eigenvalue weighted by Crippen LogP contribution is 2.28. The molecule has 2 N–H and O–H groups in total. The number of anilines is 1. The fourth-order valence-corrected chi connectivity index (χ4v) is 4.20. The first kappa shape index (κ1) is 24.5. The van der Waals surface area contributed by atoms with Crippen molar-refractivity contribution in [2.24, 2.45) is 0 Å². The number of ether oxygens (including phenoxy) is 2. The van der Waals surface area contributed by atoms with E-state index in [0.717, 1.165) is 16.8 Å². The van der Waals surface area contributed by atoms with E-state index in [0.29, 0.717) is 29.9 Å². The number of nitrogens with one attached hydrogen (secondary N) is 1. The van der Waals surface area contributed by atoms with Crippen LogP contribution < -0.4 is 15.0 Å². The second kappa shape index (κ2) is 10.1. The number of nitrogens with zero attached hydrogens (tertiary/aromatic N) is 2. The maximum Gasteiger partial charge on any atom is 0.270 e. The summed E-state index contributed by atoms with van der Waals surface area (Å²) in [5.74, 6) is 6.27. The van der Waals surface area contributed by atoms with Gasteiger partial charge in [0.25, 0.3) is 5.91 Å². The first-order valence-electron chi connectivity index (χ1n) is 12.0. The molecule has 37 heavy (non-hydrogen) atoms. The number of pyridine rings is 1. The third-order valence-corrected chi connectivity index (χ3v) is 6.42. The van der Waals surface area contributed by atoms with Crippen LogP contribution in [0.1, 0.15) is 33.6 Å². The second-order valence-electron chi connectivity index (χ2n) is 9.37. The zero-order valence-corrected chi connectivity index (χ0v) is 20.7. The molecule has 0 unspecified atom stereocenters. The van der Waals surface area contributed by atoms with Crippen LogP contribution in [0.2, 0.25) is 0 Å². The Morgan fingerprint density at radius 2 is 1.95 bits per heavy atom. The van der Waals surface area contributed by atoms with Gasteiger partial charge in [-0.25, -0.2) is 0 Å². The van der Waals surface area contributed by atoms with Gasteiger partial charge < -0.3 is 24.8 Å². The van der Waals surface area contributed by atoms with Gasteiger partial charge in [-0.2, -0.15) is 0 Å². The molecule has 2 amide bonds.